The summed E-state index contributed by atoms with van der Waals surface area (Å²) in [6.45, 7) is 3.87. The van der Waals surface area contributed by atoms with Crippen molar-refractivity contribution in [1.29, 1.82) is 0 Å². The van der Waals surface area contributed by atoms with E-state index in [9.17, 15) is 14.7 Å². The summed E-state index contributed by atoms with van der Waals surface area (Å²) in [5.74, 6) is 0. The molecule has 2 atom stereocenters. The van der Waals surface area contributed by atoms with Crippen molar-refractivity contribution < 1.29 is 9.84 Å². The lowest BCUT2D eigenvalue weighted by molar-refractivity contribution is -0.0428. The number of aliphatic hydroxyl groups is 1. The molecule has 0 radical (unpaired) electrons. The highest BCUT2D eigenvalue weighted by Crippen LogP contribution is 2.41. The zero-order chi connectivity index (χ0) is 12.6. The molecular formula is C11H16N2O4. The van der Waals surface area contributed by atoms with Crippen LogP contribution in [0.3, 0.4) is 0 Å². The lowest BCUT2D eigenvalue weighted by atomic mass is 9.85. The predicted molar refractivity (Wildman–Crippen MR) is 60.7 cm³/mol. The number of hydrogen-bond donors (Lipinski definition) is 2. The van der Waals surface area contributed by atoms with Crippen molar-refractivity contribution in [2.24, 2.45) is 5.41 Å². The molecular weight excluding hydrogens is 224 g/mol. The van der Waals surface area contributed by atoms with E-state index in [2.05, 4.69) is 4.98 Å². The number of ether oxygens (including phenoxy) is 1. The van der Waals surface area contributed by atoms with Crippen molar-refractivity contribution in [1.82, 2.24) is 9.55 Å². The van der Waals surface area contributed by atoms with Crippen molar-refractivity contribution in [3.05, 3.63) is 33.1 Å². The second-order valence-electron chi connectivity index (χ2n) is 4.97. The van der Waals surface area contributed by atoms with Crippen molar-refractivity contribution in [3.8, 4) is 0 Å². The maximum Gasteiger partial charge on any atom is 0.330 e. The summed E-state index contributed by atoms with van der Waals surface area (Å²) < 4.78 is 6.97. The molecule has 0 spiro atoms. The molecule has 0 amide bonds. The van der Waals surface area contributed by atoms with Crippen LogP contribution in [0, 0.1) is 5.41 Å². The van der Waals surface area contributed by atoms with Crippen LogP contribution in [0.15, 0.2) is 21.9 Å². The van der Waals surface area contributed by atoms with Crippen LogP contribution in [0.1, 0.15) is 26.5 Å². The van der Waals surface area contributed by atoms with Gasteiger partial charge in [-0.3, -0.25) is 14.3 Å². The summed E-state index contributed by atoms with van der Waals surface area (Å²) in [5, 5.41) is 9.21. The molecule has 1 unspecified atom stereocenters. The van der Waals surface area contributed by atoms with Crippen LogP contribution in [-0.2, 0) is 4.74 Å². The Morgan fingerprint density at radius 3 is 2.82 bits per heavy atom. The zero-order valence-electron chi connectivity index (χ0n) is 9.84. The van der Waals surface area contributed by atoms with Gasteiger partial charge in [0.15, 0.2) is 0 Å². The molecule has 6 heteroatoms. The van der Waals surface area contributed by atoms with Crippen LogP contribution >= 0.6 is 0 Å². The summed E-state index contributed by atoms with van der Waals surface area (Å²) in [4.78, 5) is 24.7. The van der Waals surface area contributed by atoms with Gasteiger partial charge < -0.3 is 9.84 Å². The monoisotopic (exact) mass is 240 g/mol. The van der Waals surface area contributed by atoms with Crippen LogP contribution in [0.2, 0.25) is 0 Å². The molecule has 1 aromatic rings. The molecule has 0 bridgehead atoms. The third-order valence-corrected chi connectivity index (χ3v) is 3.22. The third-order valence-electron chi connectivity index (χ3n) is 3.22. The number of nitrogens with zero attached hydrogens (tertiary/aromatic N) is 1. The second-order valence-corrected chi connectivity index (χ2v) is 4.97. The van der Waals surface area contributed by atoms with Gasteiger partial charge in [0.05, 0.1) is 12.7 Å². The summed E-state index contributed by atoms with van der Waals surface area (Å²) in [6, 6.07) is 1.28. The topological polar surface area (TPSA) is 84.3 Å². The van der Waals surface area contributed by atoms with E-state index in [0.29, 0.717) is 6.42 Å². The minimum absolute atomic E-state index is 0.0817. The average Bonchev–Trinajstić information content (AvgIpc) is 2.53. The van der Waals surface area contributed by atoms with E-state index in [0.717, 1.165) is 0 Å². The van der Waals surface area contributed by atoms with Gasteiger partial charge in [-0.15, -0.1) is 0 Å². The van der Waals surface area contributed by atoms with Gasteiger partial charge >= 0.3 is 5.69 Å². The Bertz CT molecular complexity index is 517. The molecule has 0 aromatic carbocycles. The van der Waals surface area contributed by atoms with Gasteiger partial charge in [-0.05, 0) is 5.41 Å². The second kappa shape index (κ2) is 4.12. The maximum atomic E-state index is 11.6. The van der Waals surface area contributed by atoms with Crippen molar-refractivity contribution in [2.45, 2.75) is 32.6 Å². The van der Waals surface area contributed by atoms with Crippen molar-refractivity contribution >= 4 is 0 Å². The van der Waals surface area contributed by atoms with Crippen LogP contribution < -0.4 is 11.2 Å². The third kappa shape index (κ3) is 2.18. The first-order valence-electron chi connectivity index (χ1n) is 5.52. The summed E-state index contributed by atoms with van der Waals surface area (Å²) in [7, 11) is 0. The molecule has 1 aromatic heterocycles. The van der Waals surface area contributed by atoms with E-state index >= 15 is 0 Å². The lowest BCUT2D eigenvalue weighted by Gasteiger charge is -2.22. The number of aliphatic hydroxyl groups excluding tert-OH is 1. The van der Waals surface area contributed by atoms with E-state index in [1.54, 1.807) is 0 Å². The Kier molecular flexibility index (Phi) is 2.92. The molecule has 94 valence electrons. The molecule has 2 rings (SSSR count). The molecule has 1 aliphatic heterocycles. The number of hydrogen-bond acceptors (Lipinski definition) is 4. The molecule has 1 fully saturated rings. The van der Waals surface area contributed by atoms with E-state index in [-0.39, 0.29) is 18.1 Å². The average molecular weight is 240 g/mol. The molecule has 2 N–H and O–H groups in total. The minimum atomic E-state index is -0.489. The van der Waals surface area contributed by atoms with Gasteiger partial charge in [-0.25, -0.2) is 4.79 Å². The first-order chi connectivity index (χ1) is 7.94. The first-order valence-corrected chi connectivity index (χ1v) is 5.52. The van der Waals surface area contributed by atoms with Gasteiger partial charge in [-0.2, -0.15) is 0 Å². The maximum absolute atomic E-state index is 11.6. The largest absolute Gasteiger partial charge is 0.394 e. The van der Waals surface area contributed by atoms with Gasteiger partial charge in [0, 0.05) is 18.7 Å². The fourth-order valence-corrected chi connectivity index (χ4v) is 2.11. The summed E-state index contributed by atoms with van der Waals surface area (Å²) in [5.41, 5.74) is -1.12. The number of H-pyrrole nitrogens is 1. The first kappa shape index (κ1) is 12.1. The predicted octanol–water partition coefficient (Wildman–Crippen LogP) is -0.157. The standard InChI is InChI=1S/C11H16N2O4/c1-11(2)5-9(17-7(11)6-14)13-4-3-8(15)12-10(13)16/h3-4,7,9,14H,5-6H2,1-2H3,(H,12,15,16)/t7?,9-/m1/s1. The SMILES string of the molecule is CC1(C)C[C@H](n2ccc(=O)[nH]c2=O)OC1CO. The summed E-state index contributed by atoms with van der Waals surface area (Å²) >= 11 is 0. The Labute approximate surface area is 97.9 Å². The summed E-state index contributed by atoms with van der Waals surface area (Å²) in [6.07, 6.45) is 1.30. The van der Waals surface area contributed by atoms with Crippen LogP contribution in [0.5, 0.6) is 0 Å². The van der Waals surface area contributed by atoms with Crippen molar-refractivity contribution in [3.63, 3.8) is 0 Å². The van der Waals surface area contributed by atoms with Gasteiger partial charge in [-0.1, -0.05) is 13.8 Å². The highest BCUT2D eigenvalue weighted by molar-refractivity contribution is 4.91. The number of aromatic nitrogens is 2. The minimum Gasteiger partial charge on any atom is -0.394 e. The molecule has 0 saturated carbocycles. The Hall–Kier alpha value is -1.40. The van der Waals surface area contributed by atoms with Gasteiger partial charge in [0.1, 0.15) is 6.23 Å². The van der Waals surface area contributed by atoms with Crippen LogP contribution in [0.25, 0.3) is 0 Å². The lowest BCUT2D eigenvalue weighted by Crippen LogP contribution is -2.31. The van der Waals surface area contributed by atoms with Gasteiger partial charge in [0.2, 0.25) is 0 Å². The number of rotatable bonds is 2. The molecule has 2 heterocycles. The Morgan fingerprint density at radius 1 is 1.59 bits per heavy atom. The highest BCUT2D eigenvalue weighted by atomic mass is 16.5. The Morgan fingerprint density at radius 2 is 2.29 bits per heavy atom. The highest BCUT2D eigenvalue weighted by Gasteiger charge is 2.42. The zero-order valence-corrected chi connectivity index (χ0v) is 9.84. The Balaban J connectivity index is 2.32. The van der Waals surface area contributed by atoms with E-state index in [1.807, 2.05) is 13.8 Å². The fourth-order valence-electron chi connectivity index (χ4n) is 2.11. The normalized spacial score (nSPS) is 27.2. The number of aromatic amines is 1. The quantitative estimate of drug-likeness (QED) is 0.752. The van der Waals surface area contributed by atoms with Gasteiger partial charge in [0.25, 0.3) is 5.56 Å². The smallest absolute Gasteiger partial charge is 0.330 e. The van der Waals surface area contributed by atoms with Crippen molar-refractivity contribution in [2.75, 3.05) is 6.61 Å². The molecule has 6 nitrogen and oxygen atoms in total. The van der Waals surface area contributed by atoms with Crippen LogP contribution in [-0.4, -0.2) is 27.4 Å². The number of nitrogens with one attached hydrogen (secondary N) is 1. The van der Waals surface area contributed by atoms with E-state index < -0.39 is 17.5 Å². The molecule has 1 aliphatic rings. The van der Waals surface area contributed by atoms with E-state index in [1.165, 1.54) is 16.8 Å². The molecule has 1 saturated heterocycles. The van der Waals surface area contributed by atoms with E-state index in [4.69, 9.17) is 4.74 Å². The fraction of sp³-hybridized carbons (Fsp3) is 0.636. The molecule has 17 heavy (non-hydrogen) atoms. The molecule has 0 aliphatic carbocycles. The van der Waals surface area contributed by atoms with Crippen LogP contribution in [0.4, 0.5) is 0 Å².